The van der Waals surface area contributed by atoms with Crippen LogP contribution in [0.5, 0.6) is 0 Å². The van der Waals surface area contributed by atoms with E-state index in [4.69, 9.17) is 11.6 Å². The summed E-state index contributed by atoms with van der Waals surface area (Å²) in [6.45, 7) is 3.59. The highest BCUT2D eigenvalue weighted by atomic mass is 35.5. The monoisotopic (exact) mass is 353 g/mol. The molecule has 0 radical (unpaired) electrons. The lowest BCUT2D eigenvalue weighted by Crippen LogP contribution is -2.11. The van der Waals surface area contributed by atoms with E-state index in [0.29, 0.717) is 17.9 Å². The Morgan fingerprint density at radius 1 is 0.870 bits per heavy atom. The van der Waals surface area contributed by atoms with E-state index in [9.17, 15) is 22.0 Å². The van der Waals surface area contributed by atoms with Gasteiger partial charge in [0.05, 0.1) is 0 Å². The maximum absolute atomic E-state index is 13.5. The normalized spacial score (nSPS) is 12.7. The zero-order chi connectivity index (χ0) is 17.6. The van der Waals surface area contributed by atoms with Crippen molar-refractivity contribution in [3.63, 3.8) is 0 Å². The fourth-order valence-electron chi connectivity index (χ4n) is 1.84. The Morgan fingerprint density at radius 3 is 1.91 bits per heavy atom. The first-order valence-electron chi connectivity index (χ1n) is 6.92. The van der Waals surface area contributed by atoms with Gasteiger partial charge >= 0.3 is 0 Å². The minimum Gasteiger partial charge on any atom is -0.376 e. The molecule has 0 heterocycles. The highest BCUT2D eigenvalue weighted by Crippen LogP contribution is 2.27. The van der Waals surface area contributed by atoms with E-state index in [0.717, 1.165) is 12.0 Å². The summed E-state index contributed by atoms with van der Waals surface area (Å²) in [7, 11) is 0. The molecule has 0 saturated carbocycles. The Hall–Kier alpha value is -1.56. The van der Waals surface area contributed by atoms with E-state index in [1.54, 1.807) is 6.92 Å². The van der Waals surface area contributed by atoms with Crippen molar-refractivity contribution in [1.82, 2.24) is 0 Å². The Kier molecular flexibility index (Phi) is 7.55. The molecule has 0 aliphatic rings. The molecule has 0 atom stereocenters. The Balaban J connectivity index is 2.74. The van der Waals surface area contributed by atoms with Gasteiger partial charge in [-0.1, -0.05) is 23.3 Å². The quantitative estimate of drug-likeness (QED) is 0.218. The summed E-state index contributed by atoms with van der Waals surface area (Å²) in [6.07, 6.45) is 5.15. The average Bonchev–Trinajstić information content (AvgIpc) is 2.51. The van der Waals surface area contributed by atoms with E-state index in [1.165, 1.54) is 0 Å². The van der Waals surface area contributed by atoms with Gasteiger partial charge in [-0.3, -0.25) is 0 Å². The van der Waals surface area contributed by atoms with Gasteiger partial charge < -0.3 is 5.32 Å². The average molecular weight is 354 g/mol. The number of benzene rings is 1. The molecule has 1 N–H and O–H groups in total. The van der Waals surface area contributed by atoms with Crippen LogP contribution in [0.2, 0.25) is 0 Å². The molecule has 23 heavy (non-hydrogen) atoms. The lowest BCUT2D eigenvalue weighted by molar-refractivity contribution is 0.381. The van der Waals surface area contributed by atoms with Gasteiger partial charge in [-0.2, -0.15) is 0 Å². The van der Waals surface area contributed by atoms with Crippen LogP contribution in [0.25, 0.3) is 0 Å². The Labute approximate surface area is 136 Å². The summed E-state index contributed by atoms with van der Waals surface area (Å²) in [6, 6.07) is 0. The van der Waals surface area contributed by atoms with E-state index >= 15 is 0 Å². The zero-order valence-electron chi connectivity index (χ0n) is 12.8. The molecule has 0 unspecified atom stereocenters. The van der Waals surface area contributed by atoms with Crippen LogP contribution in [0.4, 0.5) is 27.6 Å². The number of alkyl halides is 1. The topological polar surface area (TPSA) is 12.0 Å². The second-order valence-electron chi connectivity index (χ2n) is 5.09. The molecular formula is C16H17ClF5N. The second-order valence-corrected chi connectivity index (χ2v) is 5.40. The number of anilines is 1. The van der Waals surface area contributed by atoms with Crippen LogP contribution in [0.15, 0.2) is 23.3 Å². The van der Waals surface area contributed by atoms with Gasteiger partial charge in [-0.05, 0) is 26.7 Å². The summed E-state index contributed by atoms with van der Waals surface area (Å²) in [5, 5.41) is 2.25. The molecule has 0 fully saturated rings. The highest BCUT2D eigenvalue weighted by Gasteiger charge is 2.25. The molecule has 1 nitrogen and oxygen atoms in total. The summed E-state index contributed by atoms with van der Waals surface area (Å²) in [5.41, 5.74) is 0.803. The number of rotatable bonds is 7. The van der Waals surface area contributed by atoms with Crippen molar-refractivity contribution in [2.24, 2.45) is 0 Å². The summed E-state index contributed by atoms with van der Waals surface area (Å²) in [4.78, 5) is 0. The highest BCUT2D eigenvalue weighted by molar-refractivity contribution is 6.18. The number of hydrogen-bond donors (Lipinski definition) is 1. The molecule has 0 saturated heterocycles. The predicted octanol–water partition coefficient (Wildman–Crippen LogP) is 5.71. The molecule has 0 amide bonds. The second kappa shape index (κ2) is 8.91. The van der Waals surface area contributed by atoms with Crippen molar-refractivity contribution in [2.75, 3.05) is 17.7 Å². The molecule has 1 aromatic rings. The summed E-state index contributed by atoms with van der Waals surface area (Å²) < 4.78 is 66.0. The molecule has 128 valence electrons. The summed E-state index contributed by atoms with van der Waals surface area (Å²) >= 11 is 5.56. The molecule has 0 aliphatic carbocycles. The maximum Gasteiger partial charge on any atom is 0.200 e. The van der Waals surface area contributed by atoms with E-state index in [-0.39, 0.29) is 6.54 Å². The van der Waals surface area contributed by atoms with Gasteiger partial charge in [0.15, 0.2) is 23.3 Å². The summed E-state index contributed by atoms with van der Waals surface area (Å²) in [5.74, 6) is -9.40. The van der Waals surface area contributed by atoms with Crippen LogP contribution in [-0.4, -0.2) is 12.4 Å². The molecule has 0 spiro atoms. The zero-order valence-corrected chi connectivity index (χ0v) is 13.5. The van der Waals surface area contributed by atoms with Crippen molar-refractivity contribution in [2.45, 2.75) is 26.7 Å². The fraction of sp³-hybridized carbons (Fsp3) is 0.375. The molecule has 7 heteroatoms. The van der Waals surface area contributed by atoms with Gasteiger partial charge in [0.1, 0.15) is 5.69 Å². The smallest absolute Gasteiger partial charge is 0.200 e. The van der Waals surface area contributed by atoms with Crippen LogP contribution in [-0.2, 0) is 0 Å². The standard InChI is InChI=1S/C16H17ClF5N/c1-9(6-7-17)4-3-5-10(2)8-23-16-14(21)12(19)11(18)13(20)15(16)22/h5-6,23H,3-4,7-8H2,1-2H3/b9-6+,10-5+. The predicted molar refractivity (Wildman–Crippen MR) is 82.2 cm³/mol. The first-order chi connectivity index (χ1) is 10.8. The minimum atomic E-state index is -2.17. The number of halogens is 6. The van der Waals surface area contributed by atoms with E-state index in [1.807, 2.05) is 19.1 Å². The van der Waals surface area contributed by atoms with E-state index < -0.39 is 34.8 Å². The van der Waals surface area contributed by atoms with Crippen LogP contribution < -0.4 is 5.32 Å². The van der Waals surface area contributed by atoms with Crippen LogP contribution in [0.1, 0.15) is 26.7 Å². The minimum absolute atomic E-state index is 0.0311. The number of hydrogen-bond acceptors (Lipinski definition) is 1. The van der Waals surface area contributed by atoms with Crippen molar-refractivity contribution in [3.8, 4) is 0 Å². The van der Waals surface area contributed by atoms with Crippen LogP contribution in [0, 0.1) is 29.1 Å². The first-order valence-corrected chi connectivity index (χ1v) is 7.45. The lowest BCUT2D eigenvalue weighted by atomic mass is 10.1. The van der Waals surface area contributed by atoms with Crippen LogP contribution >= 0.6 is 11.6 Å². The third-order valence-corrected chi connectivity index (χ3v) is 3.37. The Bertz CT molecular complexity index is 596. The van der Waals surface area contributed by atoms with E-state index in [2.05, 4.69) is 5.32 Å². The van der Waals surface area contributed by atoms with Gasteiger partial charge in [-0.15, -0.1) is 11.6 Å². The van der Waals surface area contributed by atoms with Crippen molar-refractivity contribution in [3.05, 3.63) is 52.4 Å². The Morgan fingerprint density at radius 2 is 1.39 bits per heavy atom. The fourth-order valence-corrected chi connectivity index (χ4v) is 2.10. The van der Waals surface area contributed by atoms with Crippen molar-refractivity contribution in [1.29, 1.82) is 0 Å². The SMILES string of the molecule is C/C(=C\CCl)CC/C=C(\C)CNc1c(F)c(F)c(F)c(F)c1F. The van der Waals surface area contributed by atoms with Gasteiger partial charge in [0.25, 0.3) is 0 Å². The third-order valence-electron chi connectivity index (χ3n) is 3.21. The van der Waals surface area contributed by atoms with Gasteiger partial charge in [-0.25, -0.2) is 22.0 Å². The van der Waals surface area contributed by atoms with Crippen LogP contribution in [0.3, 0.4) is 0 Å². The largest absolute Gasteiger partial charge is 0.376 e. The van der Waals surface area contributed by atoms with Gasteiger partial charge in [0.2, 0.25) is 5.82 Å². The lowest BCUT2D eigenvalue weighted by Gasteiger charge is -2.11. The maximum atomic E-state index is 13.5. The molecular weight excluding hydrogens is 337 g/mol. The molecule has 0 aromatic heterocycles. The third kappa shape index (κ3) is 5.23. The number of nitrogens with one attached hydrogen (secondary N) is 1. The molecule has 0 bridgehead atoms. The van der Waals surface area contributed by atoms with Gasteiger partial charge in [0, 0.05) is 12.4 Å². The van der Waals surface area contributed by atoms with Crippen molar-refractivity contribution < 1.29 is 22.0 Å². The molecule has 1 aromatic carbocycles. The van der Waals surface area contributed by atoms with Crippen molar-refractivity contribution >= 4 is 17.3 Å². The first kappa shape index (κ1) is 19.5. The number of allylic oxidation sites excluding steroid dienone is 3. The molecule has 1 rings (SSSR count). The molecule has 0 aliphatic heterocycles.